The Morgan fingerprint density at radius 2 is 1.92 bits per heavy atom. The van der Waals surface area contributed by atoms with Crippen LogP contribution in [0.2, 0.25) is 0 Å². The van der Waals surface area contributed by atoms with E-state index in [0.717, 1.165) is 4.48 Å². The van der Waals surface area contributed by atoms with Crippen molar-refractivity contribution in [3.8, 4) is 0 Å². The molecule has 0 aromatic rings. The minimum Gasteiger partial charge on any atom is -0.358 e. The molecular weight excluding hydrogens is 170 g/mol. The van der Waals surface area contributed by atoms with Gasteiger partial charge in [-0.1, -0.05) is 0 Å². The smallest absolute Gasteiger partial charge is 0.130 e. The molecule has 72 valence electrons. The maximum Gasteiger partial charge on any atom is 0.130 e. The molecule has 3 heteroatoms. The zero-order valence-electron chi connectivity index (χ0n) is 8.70. The van der Waals surface area contributed by atoms with Crippen LogP contribution in [0.3, 0.4) is 0 Å². The van der Waals surface area contributed by atoms with Gasteiger partial charge in [0.15, 0.2) is 0 Å². The van der Waals surface area contributed by atoms with Crippen molar-refractivity contribution in [2.45, 2.75) is 30.6 Å². The lowest BCUT2D eigenvalue weighted by molar-refractivity contribution is -0.869. The summed E-state index contributed by atoms with van der Waals surface area (Å²) in [6.07, 6.45) is 0.491. The van der Waals surface area contributed by atoms with Crippen LogP contribution in [0.25, 0.3) is 0 Å². The van der Waals surface area contributed by atoms with Crippen LogP contribution in [-0.4, -0.2) is 49.0 Å². The van der Waals surface area contributed by atoms with Gasteiger partial charge in [-0.3, -0.25) is 0 Å². The van der Waals surface area contributed by atoms with Gasteiger partial charge in [0.2, 0.25) is 0 Å². The molecule has 0 aromatic carbocycles. The molecule has 0 bridgehead atoms. The third kappa shape index (κ3) is 3.78. The number of thioether (sulfide) groups is 1. The lowest BCUT2D eigenvalue weighted by Crippen LogP contribution is -2.39. The molecule has 0 N–H and O–H groups in total. The van der Waals surface area contributed by atoms with E-state index in [1.165, 1.54) is 6.54 Å². The lowest BCUT2D eigenvalue weighted by Gasteiger charge is -2.26. The van der Waals surface area contributed by atoms with Crippen LogP contribution >= 0.6 is 11.8 Å². The second kappa shape index (κ2) is 3.56. The Morgan fingerprint density at radius 3 is 2.25 bits per heavy atom. The molecule has 0 aliphatic carbocycles. The minimum atomic E-state index is 0.478. The van der Waals surface area contributed by atoms with Crippen LogP contribution in [0.15, 0.2) is 0 Å². The largest absolute Gasteiger partial charge is 0.358 e. The first-order valence-corrected chi connectivity index (χ1v) is 5.44. The van der Waals surface area contributed by atoms with Crippen LogP contribution in [0.4, 0.5) is 0 Å². The van der Waals surface area contributed by atoms with Gasteiger partial charge in [0.1, 0.15) is 5.44 Å². The highest BCUT2D eigenvalue weighted by molar-refractivity contribution is 8.00. The van der Waals surface area contributed by atoms with E-state index < -0.39 is 0 Å². The summed E-state index contributed by atoms with van der Waals surface area (Å²) in [5, 5.41) is 0.694. The zero-order chi connectivity index (χ0) is 9.35. The summed E-state index contributed by atoms with van der Waals surface area (Å²) >= 11 is 1.96. The number of ether oxygens (including phenoxy) is 1. The average molecular weight is 190 g/mol. The van der Waals surface area contributed by atoms with Crippen molar-refractivity contribution in [1.82, 2.24) is 0 Å². The van der Waals surface area contributed by atoms with Gasteiger partial charge in [-0.2, -0.15) is 0 Å². The molecule has 0 radical (unpaired) electrons. The minimum absolute atomic E-state index is 0.478. The van der Waals surface area contributed by atoms with Gasteiger partial charge in [-0.05, 0) is 13.8 Å². The van der Waals surface area contributed by atoms with Crippen molar-refractivity contribution in [3.63, 3.8) is 0 Å². The van der Waals surface area contributed by atoms with Gasteiger partial charge in [0.25, 0.3) is 0 Å². The first-order chi connectivity index (χ1) is 5.38. The second-order valence-electron chi connectivity index (χ2n) is 4.63. The molecule has 0 amide bonds. The normalized spacial score (nSPS) is 31.8. The average Bonchev–Trinajstić information content (AvgIpc) is 2.40. The number of nitrogens with zero attached hydrogens (tertiary/aromatic N) is 1. The molecule has 1 saturated heterocycles. The number of hydrogen-bond donors (Lipinski definition) is 0. The summed E-state index contributed by atoms with van der Waals surface area (Å²) < 4.78 is 6.39. The Bertz CT molecular complexity index is 155. The van der Waals surface area contributed by atoms with Gasteiger partial charge in [-0.15, -0.1) is 11.8 Å². The fourth-order valence-electron chi connectivity index (χ4n) is 1.35. The summed E-state index contributed by atoms with van der Waals surface area (Å²) in [6, 6.07) is 0. The topological polar surface area (TPSA) is 12.5 Å². The molecule has 1 heterocycles. The van der Waals surface area contributed by atoms with Crippen LogP contribution in [0, 0.1) is 0 Å². The first-order valence-electron chi connectivity index (χ1n) is 4.50. The van der Waals surface area contributed by atoms with Crippen LogP contribution < -0.4 is 0 Å². The Kier molecular flexibility index (Phi) is 3.07. The van der Waals surface area contributed by atoms with Gasteiger partial charge in [0.05, 0.1) is 39.0 Å². The third-order valence-corrected chi connectivity index (χ3v) is 3.20. The fraction of sp³-hybridized carbons (Fsp3) is 1.00. The molecule has 0 saturated carbocycles. The monoisotopic (exact) mass is 190 g/mol. The highest BCUT2D eigenvalue weighted by atomic mass is 32.2. The number of rotatable bonds is 4. The summed E-state index contributed by atoms with van der Waals surface area (Å²) in [5.74, 6) is 0. The van der Waals surface area contributed by atoms with E-state index in [1.54, 1.807) is 0 Å². The van der Waals surface area contributed by atoms with Crippen molar-refractivity contribution in [1.29, 1.82) is 0 Å². The third-order valence-electron chi connectivity index (χ3n) is 1.83. The van der Waals surface area contributed by atoms with Crippen molar-refractivity contribution in [2.75, 3.05) is 27.7 Å². The summed E-state index contributed by atoms with van der Waals surface area (Å²) in [7, 11) is 6.69. The molecule has 3 atom stereocenters. The second-order valence-corrected chi connectivity index (χ2v) is 6.17. The summed E-state index contributed by atoms with van der Waals surface area (Å²) in [5.41, 5.74) is 0.478. The van der Waals surface area contributed by atoms with Gasteiger partial charge < -0.3 is 9.22 Å². The van der Waals surface area contributed by atoms with E-state index in [-0.39, 0.29) is 0 Å². The molecule has 1 fully saturated rings. The van der Waals surface area contributed by atoms with Crippen molar-refractivity contribution >= 4 is 11.8 Å². The summed E-state index contributed by atoms with van der Waals surface area (Å²) in [4.78, 5) is 0. The molecule has 1 aliphatic heterocycles. The molecule has 1 rings (SSSR count). The Labute approximate surface area is 79.9 Å². The van der Waals surface area contributed by atoms with Gasteiger partial charge >= 0.3 is 0 Å². The van der Waals surface area contributed by atoms with Crippen LogP contribution in [0.1, 0.15) is 13.8 Å². The van der Waals surface area contributed by atoms with E-state index in [9.17, 15) is 0 Å². The first kappa shape index (κ1) is 10.4. The highest BCUT2D eigenvalue weighted by Crippen LogP contribution is 2.35. The standard InChI is InChI=1S/C9H20NOS/c1-7(6-10(3,4)5)12-9-8(2)11-9/h7-9H,6H2,1-5H3/q+1. The molecular formula is C9H20NOS+. The summed E-state index contributed by atoms with van der Waals surface area (Å²) in [6.45, 7) is 5.62. The SMILES string of the molecule is CC(C[N+](C)(C)C)SC1OC1C. The Morgan fingerprint density at radius 1 is 1.42 bits per heavy atom. The van der Waals surface area contributed by atoms with Gasteiger partial charge in [-0.25, -0.2) is 0 Å². The Hall–Kier alpha value is 0.270. The molecule has 12 heavy (non-hydrogen) atoms. The number of quaternary nitrogens is 1. The van der Waals surface area contributed by atoms with Gasteiger partial charge in [0, 0.05) is 0 Å². The number of epoxide rings is 1. The molecule has 3 unspecified atom stereocenters. The van der Waals surface area contributed by atoms with E-state index in [2.05, 4.69) is 35.0 Å². The van der Waals surface area contributed by atoms with E-state index >= 15 is 0 Å². The predicted molar refractivity (Wildman–Crippen MR) is 54.3 cm³/mol. The van der Waals surface area contributed by atoms with E-state index in [4.69, 9.17) is 4.74 Å². The molecule has 2 nitrogen and oxygen atoms in total. The van der Waals surface area contributed by atoms with Crippen molar-refractivity contribution in [3.05, 3.63) is 0 Å². The highest BCUT2D eigenvalue weighted by Gasteiger charge is 2.36. The van der Waals surface area contributed by atoms with E-state index in [0.29, 0.717) is 16.8 Å². The van der Waals surface area contributed by atoms with Crippen LogP contribution in [0.5, 0.6) is 0 Å². The predicted octanol–water partition coefficient (Wildman–Crippen LogP) is 1.56. The molecule has 0 aromatic heterocycles. The van der Waals surface area contributed by atoms with E-state index in [1.807, 2.05) is 11.8 Å². The fourth-order valence-corrected chi connectivity index (χ4v) is 2.80. The molecule has 1 aliphatic rings. The molecule has 0 spiro atoms. The van der Waals surface area contributed by atoms with Crippen LogP contribution in [-0.2, 0) is 4.74 Å². The zero-order valence-corrected chi connectivity index (χ0v) is 9.52. The maximum absolute atomic E-state index is 5.36. The Balaban J connectivity index is 2.16. The lowest BCUT2D eigenvalue weighted by atomic mass is 10.4. The van der Waals surface area contributed by atoms with Crippen molar-refractivity contribution < 1.29 is 9.22 Å². The van der Waals surface area contributed by atoms with Crippen molar-refractivity contribution in [2.24, 2.45) is 0 Å². The quantitative estimate of drug-likeness (QED) is 0.493. The maximum atomic E-state index is 5.36. The number of hydrogen-bond acceptors (Lipinski definition) is 2.